The van der Waals surface area contributed by atoms with Crippen LogP contribution in [-0.4, -0.2) is 44.0 Å². The average molecular weight is 266 g/mol. The molecule has 0 radical (unpaired) electrons. The van der Waals surface area contributed by atoms with E-state index in [9.17, 15) is 9.18 Å². The van der Waals surface area contributed by atoms with E-state index < -0.39 is 11.7 Å². The second kappa shape index (κ2) is 5.44. The fourth-order valence-corrected chi connectivity index (χ4v) is 2.32. The van der Waals surface area contributed by atoms with Crippen LogP contribution < -0.4 is 16.4 Å². The number of amides is 1. The first-order valence-corrected chi connectivity index (χ1v) is 6.31. The minimum absolute atomic E-state index is 0.0840. The zero-order chi connectivity index (χ0) is 14.0. The zero-order valence-corrected chi connectivity index (χ0v) is 11.0. The van der Waals surface area contributed by atoms with Crippen LogP contribution in [0.25, 0.3) is 0 Å². The number of hydrogen-bond donors (Lipinski definition) is 2. The fourth-order valence-electron chi connectivity index (χ4n) is 2.32. The molecule has 4 N–H and O–H groups in total. The topological polar surface area (TPSA) is 75.6 Å². The smallest absolute Gasteiger partial charge is 0.250 e. The number of nitrogen functional groups attached to an aromatic ring is 1. The van der Waals surface area contributed by atoms with Crippen LogP contribution in [-0.2, 0) is 0 Å². The van der Waals surface area contributed by atoms with Gasteiger partial charge < -0.3 is 21.3 Å². The first-order valence-electron chi connectivity index (χ1n) is 6.31. The Hall–Kier alpha value is -1.82. The van der Waals surface area contributed by atoms with Crippen molar-refractivity contribution in [2.45, 2.75) is 6.42 Å². The van der Waals surface area contributed by atoms with Crippen molar-refractivity contribution in [3.8, 4) is 0 Å². The van der Waals surface area contributed by atoms with E-state index in [-0.39, 0.29) is 11.3 Å². The number of halogens is 1. The molecule has 0 unspecified atom stereocenters. The Labute approximate surface area is 112 Å². The van der Waals surface area contributed by atoms with Gasteiger partial charge in [-0.3, -0.25) is 4.79 Å². The minimum atomic E-state index is -0.634. The summed E-state index contributed by atoms with van der Waals surface area (Å²) in [5.74, 6) is -1.04. The van der Waals surface area contributed by atoms with Crippen LogP contribution in [0.1, 0.15) is 16.8 Å². The Morgan fingerprint density at radius 3 is 2.68 bits per heavy atom. The summed E-state index contributed by atoms with van der Waals surface area (Å²) >= 11 is 0. The molecule has 1 aliphatic rings. The first-order chi connectivity index (χ1) is 8.99. The molecule has 5 nitrogen and oxygen atoms in total. The number of anilines is 2. The lowest BCUT2D eigenvalue weighted by atomic mass is 10.1. The van der Waals surface area contributed by atoms with Gasteiger partial charge in [-0.05, 0) is 32.1 Å². The van der Waals surface area contributed by atoms with Crippen molar-refractivity contribution < 1.29 is 9.18 Å². The van der Waals surface area contributed by atoms with Crippen LogP contribution in [0, 0.1) is 5.82 Å². The maximum Gasteiger partial charge on any atom is 0.250 e. The normalized spacial score (nSPS) is 17.3. The second-order valence-electron chi connectivity index (χ2n) is 4.90. The molecule has 1 aromatic rings. The van der Waals surface area contributed by atoms with E-state index in [1.54, 1.807) is 0 Å². The van der Waals surface area contributed by atoms with Crippen molar-refractivity contribution in [1.29, 1.82) is 0 Å². The maximum atomic E-state index is 14.0. The predicted octanol–water partition coefficient (Wildman–Crippen LogP) is 0.649. The summed E-state index contributed by atoms with van der Waals surface area (Å²) in [4.78, 5) is 15.4. The number of carbonyl (C=O) groups excluding carboxylic acids is 1. The van der Waals surface area contributed by atoms with Crippen molar-refractivity contribution in [2.24, 2.45) is 5.73 Å². The SMILES string of the molecule is CN1CCCN(c2cc(C(N)=O)c(N)cc2F)CC1. The van der Waals surface area contributed by atoms with Gasteiger partial charge in [-0.1, -0.05) is 0 Å². The summed E-state index contributed by atoms with van der Waals surface area (Å²) in [5.41, 5.74) is 11.5. The molecular formula is C13H19FN4O. The highest BCUT2D eigenvalue weighted by Crippen LogP contribution is 2.26. The second-order valence-corrected chi connectivity index (χ2v) is 4.90. The summed E-state index contributed by atoms with van der Waals surface area (Å²) in [6.07, 6.45) is 0.951. The molecule has 0 aliphatic carbocycles. The first kappa shape index (κ1) is 13.6. The van der Waals surface area contributed by atoms with E-state index in [1.165, 1.54) is 12.1 Å². The van der Waals surface area contributed by atoms with Crippen LogP contribution in [0.15, 0.2) is 12.1 Å². The molecule has 0 atom stereocenters. The Kier molecular flexibility index (Phi) is 3.90. The van der Waals surface area contributed by atoms with Gasteiger partial charge in [-0.25, -0.2) is 4.39 Å². The molecule has 19 heavy (non-hydrogen) atoms. The van der Waals surface area contributed by atoms with Gasteiger partial charge >= 0.3 is 0 Å². The number of benzene rings is 1. The Morgan fingerprint density at radius 1 is 1.26 bits per heavy atom. The van der Waals surface area contributed by atoms with Gasteiger partial charge in [0.1, 0.15) is 5.82 Å². The molecule has 1 amide bonds. The molecule has 6 heteroatoms. The number of primary amides is 1. The lowest BCUT2D eigenvalue weighted by Gasteiger charge is -2.24. The number of nitrogens with zero attached hydrogens (tertiary/aromatic N) is 2. The third-order valence-corrected chi connectivity index (χ3v) is 3.44. The molecule has 1 aliphatic heterocycles. The molecule has 1 saturated heterocycles. The monoisotopic (exact) mass is 266 g/mol. The summed E-state index contributed by atoms with van der Waals surface area (Å²) in [5, 5.41) is 0. The van der Waals surface area contributed by atoms with E-state index in [0.717, 1.165) is 32.6 Å². The van der Waals surface area contributed by atoms with Crippen LogP contribution in [0.2, 0.25) is 0 Å². The van der Waals surface area contributed by atoms with Crippen molar-refractivity contribution in [1.82, 2.24) is 4.90 Å². The van der Waals surface area contributed by atoms with Gasteiger partial charge in [0.25, 0.3) is 5.91 Å². The van der Waals surface area contributed by atoms with E-state index in [1.807, 2.05) is 11.9 Å². The van der Waals surface area contributed by atoms with E-state index in [4.69, 9.17) is 11.5 Å². The quantitative estimate of drug-likeness (QED) is 0.771. The highest BCUT2D eigenvalue weighted by Gasteiger charge is 2.19. The predicted molar refractivity (Wildman–Crippen MR) is 73.7 cm³/mol. The van der Waals surface area contributed by atoms with Crippen LogP contribution in [0.5, 0.6) is 0 Å². The molecule has 1 aromatic carbocycles. The number of rotatable bonds is 2. The van der Waals surface area contributed by atoms with Crippen molar-refractivity contribution in [3.05, 3.63) is 23.5 Å². The van der Waals surface area contributed by atoms with Gasteiger partial charge in [0.15, 0.2) is 0 Å². The summed E-state index contributed by atoms with van der Waals surface area (Å²) in [6.45, 7) is 3.31. The average Bonchev–Trinajstić information content (AvgIpc) is 2.54. The molecule has 0 aromatic heterocycles. The van der Waals surface area contributed by atoms with Gasteiger partial charge in [0, 0.05) is 25.3 Å². The lowest BCUT2D eigenvalue weighted by molar-refractivity contribution is 0.100. The molecule has 0 bridgehead atoms. The number of nitrogens with two attached hydrogens (primary N) is 2. The lowest BCUT2D eigenvalue weighted by Crippen LogP contribution is -2.30. The third-order valence-electron chi connectivity index (χ3n) is 3.44. The zero-order valence-electron chi connectivity index (χ0n) is 11.0. The molecule has 1 fully saturated rings. The fraction of sp³-hybridized carbons (Fsp3) is 0.462. The van der Waals surface area contributed by atoms with Crippen LogP contribution in [0.4, 0.5) is 15.8 Å². The van der Waals surface area contributed by atoms with E-state index >= 15 is 0 Å². The summed E-state index contributed by atoms with van der Waals surface area (Å²) in [7, 11) is 2.04. The summed E-state index contributed by atoms with van der Waals surface area (Å²) in [6, 6.07) is 2.63. The summed E-state index contributed by atoms with van der Waals surface area (Å²) < 4.78 is 14.0. The number of likely N-dealkylation sites (N-methyl/N-ethyl adjacent to an activating group) is 1. The van der Waals surface area contributed by atoms with Crippen LogP contribution in [0.3, 0.4) is 0 Å². The van der Waals surface area contributed by atoms with Crippen molar-refractivity contribution in [3.63, 3.8) is 0 Å². The number of hydrogen-bond acceptors (Lipinski definition) is 4. The van der Waals surface area contributed by atoms with E-state index in [2.05, 4.69) is 4.90 Å². The third kappa shape index (κ3) is 2.96. The highest BCUT2D eigenvalue weighted by atomic mass is 19.1. The number of carbonyl (C=O) groups is 1. The molecular weight excluding hydrogens is 247 g/mol. The Morgan fingerprint density at radius 2 is 2.00 bits per heavy atom. The van der Waals surface area contributed by atoms with Crippen molar-refractivity contribution >= 4 is 17.3 Å². The standard InChI is InChI=1S/C13H19FN4O/c1-17-3-2-4-18(6-5-17)12-7-9(13(16)19)11(15)8-10(12)14/h7-8H,2-6,15H2,1H3,(H2,16,19). The Bertz CT molecular complexity index is 492. The minimum Gasteiger partial charge on any atom is -0.398 e. The maximum absolute atomic E-state index is 14.0. The van der Waals surface area contributed by atoms with Gasteiger partial charge in [-0.15, -0.1) is 0 Å². The largest absolute Gasteiger partial charge is 0.398 e. The van der Waals surface area contributed by atoms with Crippen molar-refractivity contribution in [2.75, 3.05) is 43.9 Å². The van der Waals surface area contributed by atoms with Crippen LogP contribution >= 0.6 is 0 Å². The molecule has 0 saturated carbocycles. The highest BCUT2D eigenvalue weighted by molar-refractivity contribution is 5.99. The molecule has 2 rings (SSSR count). The van der Waals surface area contributed by atoms with Gasteiger partial charge in [-0.2, -0.15) is 0 Å². The van der Waals surface area contributed by atoms with Gasteiger partial charge in [0.2, 0.25) is 0 Å². The Balaban J connectivity index is 2.33. The molecule has 104 valence electrons. The molecule has 0 spiro atoms. The molecule has 1 heterocycles. The van der Waals surface area contributed by atoms with Gasteiger partial charge in [0.05, 0.1) is 11.3 Å². The van der Waals surface area contributed by atoms with E-state index in [0.29, 0.717) is 5.69 Å².